The van der Waals surface area contributed by atoms with E-state index >= 15 is 0 Å². The van der Waals surface area contributed by atoms with Gasteiger partial charge < -0.3 is 5.32 Å². The van der Waals surface area contributed by atoms with Crippen LogP contribution in [0.25, 0.3) is 0 Å². The minimum Gasteiger partial charge on any atom is -0.382 e. The van der Waals surface area contributed by atoms with Crippen molar-refractivity contribution >= 4 is 21.6 Å². The van der Waals surface area contributed by atoms with E-state index in [4.69, 9.17) is 0 Å². The van der Waals surface area contributed by atoms with Gasteiger partial charge in [-0.15, -0.1) is 0 Å². The van der Waals surface area contributed by atoms with Crippen LogP contribution in [-0.2, 0) is 0 Å². The molecular formula is C17H24BrN. The highest BCUT2D eigenvalue weighted by atomic mass is 79.9. The third kappa shape index (κ3) is 3.16. The molecule has 3 rings (SSSR count). The second-order valence-electron chi connectivity index (χ2n) is 6.42. The van der Waals surface area contributed by atoms with Crippen LogP contribution in [0.4, 0.5) is 5.69 Å². The minimum atomic E-state index is 0.694. The fourth-order valence-corrected chi connectivity index (χ4v) is 4.49. The number of fused-ring (bicyclic) bond motifs is 1. The highest BCUT2D eigenvalue weighted by Gasteiger charge is 2.32. The van der Waals surface area contributed by atoms with Crippen LogP contribution in [0.2, 0.25) is 0 Å². The highest BCUT2D eigenvalue weighted by molar-refractivity contribution is 9.10. The highest BCUT2D eigenvalue weighted by Crippen LogP contribution is 2.41. The average molecular weight is 322 g/mol. The summed E-state index contributed by atoms with van der Waals surface area (Å²) in [4.78, 5) is 0. The van der Waals surface area contributed by atoms with E-state index in [-0.39, 0.29) is 0 Å². The average Bonchev–Trinajstić information content (AvgIpc) is 2.42. The normalized spacial score (nSPS) is 30.7. The van der Waals surface area contributed by atoms with E-state index in [0.29, 0.717) is 6.04 Å². The van der Waals surface area contributed by atoms with Gasteiger partial charge in [0.25, 0.3) is 0 Å². The molecule has 104 valence electrons. The van der Waals surface area contributed by atoms with Gasteiger partial charge in [0.05, 0.1) is 0 Å². The van der Waals surface area contributed by atoms with Gasteiger partial charge in [0.1, 0.15) is 0 Å². The quantitative estimate of drug-likeness (QED) is 0.755. The van der Waals surface area contributed by atoms with Gasteiger partial charge >= 0.3 is 0 Å². The van der Waals surface area contributed by atoms with Crippen LogP contribution in [0.1, 0.15) is 50.5 Å². The number of halogens is 1. The second kappa shape index (κ2) is 5.87. The van der Waals surface area contributed by atoms with Gasteiger partial charge in [-0.3, -0.25) is 0 Å². The molecule has 2 fully saturated rings. The lowest BCUT2D eigenvalue weighted by atomic mass is 9.69. The van der Waals surface area contributed by atoms with Gasteiger partial charge in [0.2, 0.25) is 0 Å². The van der Waals surface area contributed by atoms with Crippen molar-refractivity contribution in [2.24, 2.45) is 11.8 Å². The Balaban J connectivity index is 1.64. The molecule has 19 heavy (non-hydrogen) atoms. The Labute approximate surface area is 125 Å². The van der Waals surface area contributed by atoms with E-state index in [1.807, 2.05) is 0 Å². The van der Waals surface area contributed by atoms with Crippen molar-refractivity contribution in [1.29, 1.82) is 0 Å². The minimum absolute atomic E-state index is 0.694. The van der Waals surface area contributed by atoms with Crippen molar-refractivity contribution in [2.75, 3.05) is 5.32 Å². The van der Waals surface area contributed by atoms with Gasteiger partial charge in [-0.05, 0) is 61.8 Å². The SMILES string of the molecule is Cc1cc(Br)ccc1NC1CCC2CCCCC2C1. The topological polar surface area (TPSA) is 12.0 Å². The number of hydrogen-bond donors (Lipinski definition) is 1. The number of aryl methyl sites for hydroxylation is 1. The summed E-state index contributed by atoms with van der Waals surface area (Å²) in [6, 6.07) is 7.25. The third-order valence-electron chi connectivity index (χ3n) is 5.09. The summed E-state index contributed by atoms with van der Waals surface area (Å²) >= 11 is 3.54. The van der Waals surface area contributed by atoms with E-state index in [1.54, 1.807) is 0 Å². The van der Waals surface area contributed by atoms with Crippen molar-refractivity contribution in [3.8, 4) is 0 Å². The van der Waals surface area contributed by atoms with E-state index in [9.17, 15) is 0 Å². The molecule has 2 aliphatic carbocycles. The molecule has 0 bridgehead atoms. The number of benzene rings is 1. The molecule has 0 spiro atoms. The molecule has 0 radical (unpaired) electrons. The Morgan fingerprint density at radius 1 is 1.05 bits per heavy atom. The fourth-order valence-electron chi connectivity index (χ4n) is 4.01. The van der Waals surface area contributed by atoms with Crippen LogP contribution >= 0.6 is 15.9 Å². The van der Waals surface area contributed by atoms with Crippen molar-refractivity contribution in [1.82, 2.24) is 0 Å². The number of anilines is 1. The van der Waals surface area contributed by atoms with Crippen LogP contribution in [0.5, 0.6) is 0 Å². The third-order valence-corrected chi connectivity index (χ3v) is 5.58. The lowest BCUT2D eigenvalue weighted by Gasteiger charge is -2.40. The Bertz CT molecular complexity index is 443. The Morgan fingerprint density at radius 2 is 1.84 bits per heavy atom. The first-order chi connectivity index (χ1) is 9.22. The van der Waals surface area contributed by atoms with Crippen LogP contribution in [0, 0.1) is 18.8 Å². The second-order valence-corrected chi connectivity index (χ2v) is 7.33. The smallest absolute Gasteiger partial charge is 0.0372 e. The van der Waals surface area contributed by atoms with Gasteiger partial charge in [-0.25, -0.2) is 0 Å². The predicted molar refractivity (Wildman–Crippen MR) is 85.6 cm³/mol. The predicted octanol–water partition coefficient (Wildman–Crippen LogP) is 5.53. The first-order valence-corrected chi connectivity index (χ1v) is 8.54. The molecule has 0 amide bonds. The summed E-state index contributed by atoms with van der Waals surface area (Å²) in [6.45, 7) is 2.19. The maximum atomic E-state index is 3.79. The molecule has 1 aromatic carbocycles. The maximum Gasteiger partial charge on any atom is 0.0372 e. The molecule has 2 saturated carbocycles. The molecule has 0 aromatic heterocycles. The molecule has 3 atom stereocenters. The largest absolute Gasteiger partial charge is 0.382 e. The number of nitrogens with one attached hydrogen (secondary N) is 1. The first kappa shape index (κ1) is 13.5. The van der Waals surface area contributed by atoms with Gasteiger partial charge in [-0.2, -0.15) is 0 Å². The van der Waals surface area contributed by atoms with E-state index in [0.717, 1.165) is 11.8 Å². The summed E-state index contributed by atoms with van der Waals surface area (Å²) in [6.07, 6.45) is 10.1. The summed E-state index contributed by atoms with van der Waals surface area (Å²) in [7, 11) is 0. The molecule has 3 unspecified atom stereocenters. The van der Waals surface area contributed by atoms with E-state index < -0.39 is 0 Å². The maximum absolute atomic E-state index is 3.79. The summed E-state index contributed by atoms with van der Waals surface area (Å²) in [5.41, 5.74) is 2.67. The van der Waals surface area contributed by atoms with Crippen LogP contribution in [-0.4, -0.2) is 6.04 Å². The van der Waals surface area contributed by atoms with E-state index in [2.05, 4.69) is 46.4 Å². The van der Waals surface area contributed by atoms with E-state index in [1.165, 1.54) is 60.7 Å². The fraction of sp³-hybridized carbons (Fsp3) is 0.647. The van der Waals surface area contributed by atoms with Gasteiger partial charge in [0, 0.05) is 16.2 Å². The van der Waals surface area contributed by atoms with Crippen LogP contribution in [0.3, 0.4) is 0 Å². The first-order valence-electron chi connectivity index (χ1n) is 7.75. The summed E-state index contributed by atoms with van der Waals surface area (Å²) in [5.74, 6) is 2.04. The van der Waals surface area contributed by atoms with Crippen molar-refractivity contribution in [3.05, 3.63) is 28.2 Å². The van der Waals surface area contributed by atoms with Crippen LogP contribution < -0.4 is 5.32 Å². The summed E-state index contributed by atoms with van der Waals surface area (Å²) in [5, 5.41) is 3.79. The Kier molecular flexibility index (Phi) is 4.16. The monoisotopic (exact) mass is 321 g/mol. The molecule has 1 N–H and O–H groups in total. The van der Waals surface area contributed by atoms with Crippen LogP contribution in [0.15, 0.2) is 22.7 Å². The zero-order valence-electron chi connectivity index (χ0n) is 11.8. The molecule has 2 heteroatoms. The molecule has 1 aromatic rings. The lowest BCUT2D eigenvalue weighted by Crippen LogP contribution is -2.34. The Morgan fingerprint density at radius 3 is 2.63 bits per heavy atom. The van der Waals surface area contributed by atoms with Crippen molar-refractivity contribution in [2.45, 2.75) is 57.9 Å². The van der Waals surface area contributed by atoms with Crippen molar-refractivity contribution < 1.29 is 0 Å². The van der Waals surface area contributed by atoms with Gasteiger partial charge in [-0.1, -0.05) is 41.6 Å². The molecule has 1 nitrogen and oxygen atoms in total. The number of rotatable bonds is 2. The summed E-state index contributed by atoms with van der Waals surface area (Å²) < 4.78 is 1.17. The standard InChI is InChI=1S/C17H24BrN/c1-12-10-15(18)7-9-17(12)19-16-8-6-13-4-2-3-5-14(13)11-16/h7,9-10,13-14,16,19H,2-6,8,11H2,1H3. The lowest BCUT2D eigenvalue weighted by molar-refractivity contribution is 0.162. The molecule has 0 aliphatic heterocycles. The molecule has 0 heterocycles. The zero-order valence-corrected chi connectivity index (χ0v) is 13.4. The number of hydrogen-bond acceptors (Lipinski definition) is 1. The molecule has 2 aliphatic rings. The van der Waals surface area contributed by atoms with Crippen molar-refractivity contribution in [3.63, 3.8) is 0 Å². The molecule has 0 saturated heterocycles. The Hall–Kier alpha value is -0.500. The molecular weight excluding hydrogens is 298 g/mol. The zero-order chi connectivity index (χ0) is 13.2. The van der Waals surface area contributed by atoms with Gasteiger partial charge in [0.15, 0.2) is 0 Å².